The quantitative estimate of drug-likeness (QED) is 0.861. The van der Waals surface area contributed by atoms with Crippen molar-refractivity contribution in [3.8, 4) is 0 Å². The summed E-state index contributed by atoms with van der Waals surface area (Å²) in [5, 5.41) is 11.8. The van der Waals surface area contributed by atoms with Crippen LogP contribution in [0.15, 0.2) is 24.3 Å². The molecule has 1 aliphatic carbocycles. The molecule has 22 heavy (non-hydrogen) atoms. The number of aliphatic carboxylic acids is 1. The molecule has 1 atom stereocenters. The molecular formula is C16H18N2O4. The molecule has 1 unspecified atom stereocenters. The van der Waals surface area contributed by atoms with Gasteiger partial charge in [-0.1, -0.05) is 6.07 Å². The molecule has 6 nitrogen and oxygen atoms in total. The molecule has 0 aromatic heterocycles. The zero-order valence-electron chi connectivity index (χ0n) is 12.1. The van der Waals surface area contributed by atoms with E-state index in [9.17, 15) is 19.5 Å². The number of carboxylic acids is 1. The lowest BCUT2D eigenvalue weighted by molar-refractivity contribution is -0.139. The zero-order valence-corrected chi connectivity index (χ0v) is 12.1. The third kappa shape index (κ3) is 2.95. The Labute approximate surface area is 128 Å². The topological polar surface area (TPSA) is 86.7 Å². The number of rotatable bonds is 5. The van der Waals surface area contributed by atoms with Crippen molar-refractivity contribution in [3.05, 3.63) is 29.8 Å². The van der Waals surface area contributed by atoms with Crippen molar-refractivity contribution in [2.75, 3.05) is 11.4 Å². The number of amides is 2. The molecule has 2 fully saturated rings. The van der Waals surface area contributed by atoms with E-state index >= 15 is 0 Å². The molecule has 3 rings (SSSR count). The number of hydrogen-bond donors (Lipinski definition) is 2. The van der Waals surface area contributed by atoms with Gasteiger partial charge in [0.25, 0.3) is 5.91 Å². The number of carboxylic acid groups (broad SMARTS) is 1. The fourth-order valence-electron chi connectivity index (χ4n) is 2.77. The Kier molecular flexibility index (Phi) is 3.83. The Morgan fingerprint density at radius 3 is 2.68 bits per heavy atom. The summed E-state index contributed by atoms with van der Waals surface area (Å²) in [4.78, 5) is 36.9. The van der Waals surface area contributed by atoms with Crippen LogP contribution in [0.5, 0.6) is 0 Å². The van der Waals surface area contributed by atoms with Gasteiger partial charge >= 0.3 is 5.97 Å². The first-order chi connectivity index (χ1) is 10.6. The van der Waals surface area contributed by atoms with Crippen molar-refractivity contribution in [3.63, 3.8) is 0 Å². The summed E-state index contributed by atoms with van der Waals surface area (Å²) in [6.45, 7) is 0.656. The molecule has 1 aromatic rings. The molecule has 0 spiro atoms. The maximum atomic E-state index is 12.3. The number of nitrogens with one attached hydrogen (secondary N) is 1. The smallest absolute Gasteiger partial charge is 0.326 e. The number of benzene rings is 1. The van der Waals surface area contributed by atoms with Crippen molar-refractivity contribution in [2.45, 2.75) is 31.7 Å². The highest BCUT2D eigenvalue weighted by Crippen LogP contribution is 2.33. The minimum absolute atomic E-state index is 0.0322. The van der Waals surface area contributed by atoms with Gasteiger partial charge in [0, 0.05) is 24.2 Å². The van der Waals surface area contributed by atoms with E-state index in [4.69, 9.17) is 0 Å². The largest absolute Gasteiger partial charge is 0.480 e. The lowest BCUT2D eigenvalue weighted by Crippen LogP contribution is -2.42. The van der Waals surface area contributed by atoms with Crippen LogP contribution in [0.1, 0.15) is 36.0 Å². The predicted molar refractivity (Wildman–Crippen MR) is 79.6 cm³/mol. The average molecular weight is 302 g/mol. The maximum absolute atomic E-state index is 12.3. The van der Waals surface area contributed by atoms with E-state index in [1.165, 1.54) is 0 Å². The molecule has 1 aromatic carbocycles. The molecule has 0 radical (unpaired) electrons. The molecule has 116 valence electrons. The average Bonchev–Trinajstić information content (AvgIpc) is 3.25. The molecule has 1 heterocycles. The van der Waals surface area contributed by atoms with Gasteiger partial charge in [0.15, 0.2) is 0 Å². The van der Waals surface area contributed by atoms with Crippen LogP contribution >= 0.6 is 0 Å². The minimum atomic E-state index is -0.998. The Morgan fingerprint density at radius 2 is 2.09 bits per heavy atom. The number of anilines is 1. The standard InChI is InChI=1S/C16H18N2O4/c19-13-5-2-8-18(13)12-4-1-3-11(9-12)15(20)17-14(16(21)22)10-6-7-10/h1,3-4,9-10,14H,2,5-8H2,(H,17,20)(H,21,22). The first kappa shape index (κ1) is 14.6. The maximum Gasteiger partial charge on any atom is 0.326 e. The van der Waals surface area contributed by atoms with E-state index in [1.54, 1.807) is 29.2 Å². The summed E-state index contributed by atoms with van der Waals surface area (Å²) in [6, 6.07) is 5.94. The first-order valence-corrected chi connectivity index (χ1v) is 7.50. The van der Waals surface area contributed by atoms with Crippen LogP contribution in [0.3, 0.4) is 0 Å². The van der Waals surface area contributed by atoms with Gasteiger partial charge in [-0.25, -0.2) is 4.79 Å². The molecule has 2 amide bonds. The van der Waals surface area contributed by atoms with Gasteiger partial charge < -0.3 is 15.3 Å². The van der Waals surface area contributed by atoms with Gasteiger partial charge in [-0.2, -0.15) is 0 Å². The van der Waals surface area contributed by atoms with Gasteiger partial charge in [0.05, 0.1) is 0 Å². The molecule has 2 N–H and O–H groups in total. The number of nitrogens with zero attached hydrogens (tertiary/aromatic N) is 1. The fourth-order valence-corrected chi connectivity index (χ4v) is 2.77. The SMILES string of the molecule is O=C(NC(C(=O)O)C1CC1)c1cccc(N2CCCC2=O)c1. The van der Waals surface area contributed by atoms with E-state index in [-0.39, 0.29) is 11.8 Å². The zero-order chi connectivity index (χ0) is 15.7. The van der Waals surface area contributed by atoms with E-state index in [1.807, 2.05) is 0 Å². The summed E-state index contributed by atoms with van der Waals surface area (Å²) < 4.78 is 0. The van der Waals surface area contributed by atoms with E-state index in [0.717, 1.165) is 19.3 Å². The molecule has 1 saturated heterocycles. The summed E-state index contributed by atoms with van der Waals surface area (Å²) in [7, 11) is 0. The van der Waals surface area contributed by atoms with Crippen LogP contribution in [0.2, 0.25) is 0 Å². The van der Waals surface area contributed by atoms with Crippen LogP contribution < -0.4 is 10.2 Å². The number of hydrogen-bond acceptors (Lipinski definition) is 3. The second kappa shape index (κ2) is 5.79. The fraction of sp³-hybridized carbons (Fsp3) is 0.438. The molecule has 0 bridgehead atoms. The molecule has 1 aliphatic heterocycles. The van der Waals surface area contributed by atoms with Crippen LogP contribution in [0.4, 0.5) is 5.69 Å². The Bertz CT molecular complexity index is 624. The van der Waals surface area contributed by atoms with Gasteiger partial charge in [0.2, 0.25) is 5.91 Å². The Hall–Kier alpha value is -2.37. The monoisotopic (exact) mass is 302 g/mol. The molecular weight excluding hydrogens is 284 g/mol. The second-order valence-electron chi connectivity index (χ2n) is 5.83. The van der Waals surface area contributed by atoms with E-state index in [0.29, 0.717) is 24.2 Å². The van der Waals surface area contributed by atoms with Crippen LogP contribution in [0.25, 0.3) is 0 Å². The van der Waals surface area contributed by atoms with Gasteiger partial charge in [0.1, 0.15) is 6.04 Å². The lowest BCUT2D eigenvalue weighted by atomic mass is 10.1. The summed E-state index contributed by atoms with van der Waals surface area (Å²) >= 11 is 0. The third-order valence-corrected chi connectivity index (χ3v) is 4.14. The first-order valence-electron chi connectivity index (χ1n) is 7.50. The number of carbonyl (C=O) groups is 3. The summed E-state index contributed by atoms with van der Waals surface area (Å²) in [5.74, 6) is -1.32. The van der Waals surface area contributed by atoms with E-state index in [2.05, 4.69) is 5.32 Å². The van der Waals surface area contributed by atoms with Crippen molar-refractivity contribution < 1.29 is 19.5 Å². The van der Waals surface area contributed by atoms with Crippen molar-refractivity contribution >= 4 is 23.5 Å². The molecule has 2 aliphatic rings. The van der Waals surface area contributed by atoms with Gasteiger partial charge in [-0.15, -0.1) is 0 Å². The van der Waals surface area contributed by atoms with Crippen molar-refractivity contribution in [1.82, 2.24) is 5.32 Å². The lowest BCUT2D eigenvalue weighted by Gasteiger charge is -2.17. The normalized spacial score (nSPS) is 19.1. The molecule has 6 heteroatoms. The van der Waals surface area contributed by atoms with Crippen molar-refractivity contribution in [2.24, 2.45) is 5.92 Å². The van der Waals surface area contributed by atoms with Gasteiger partial charge in [-0.05, 0) is 43.4 Å². The predicted octanol–water partition coefficient (Wildman–Crippen LogP) is 1.41. The van der Waals surface area contributed by atoms with Crippen molar-refractivity contribution in [1.29, 1.82) is 0 Å². The van der Waals surface area contributed by atoms with Crippen LogP contribution in [-0.2, 0) is 9.59 Å². The summed E-state index contributed by atoms with van der Waals surface area (Å²) in [6.07, 6.45) is 3.01. The minimum Gasteiger partial charge on any atom is -0.480 e. The van der Waals surface area contributed by atoms with E-state index < -0.39 is 17.9 Å². The Balaban J connectivity index is 1.75. The highest BCUT2D eigenvalue weighted by molar-refractivity contribution is 6.00. The third-order valence-electron chi connectivity index (χ3n) is 4.14. The number of carbonyl (C=O) groups excluding carboxylic acids is 2. The van der Waals surface area contributed by atoms with Gasteiger partial charge in [-0.3, -0.25) is 9.59 Å². The second-order valence-corrected chi connectivity index (χ2v) is 5.83. The van der Waals surface area contributed by atoms with Crippen LogP contribution in [0, 0.1) is 5.92 Å². The van der Waals surface area contributed by atoms with Crippen LogP contribution in [-0.4, -0.2) is 35.5 Å². The molecule has 1 saturated carbocycles. The highest BCUT2D eigenvalue weighted by Gasteiger charge is 2.37. The highest BCUT2D eigenvalue weighted by atomic mass is 16.4. The Morgan fingerprint density at radius 1 is 1.32 bits per heavy atom. The summed E-state index contributed by atoms with van der Waals surface area (Å²) in [5.41, 5.74) is 1.07.